The van der Waals surface area contributed by atoms with Gasteiger partial charge >= 0.3 is 0 Å². The number of carbonyl (C=O) groups is 2. The molecule has 29 heavy (non-hydrogen) atoms. The number of aromatic nitrogens is 1. The molecule has 2 amide bonds. The molecule has 1 aromatic carbocycles. The predicted octanol–water partition coefficient (Wildman–Crippen LogP) is 3.88. The number of hydrogen-bond acceptors (Lipinski definition) is 5. The Bertz CT molecular complexity index is 979. The van der Waals surface area contributed by atoms with E-state index >= 15 is 0 Å². The average molecular weight is 410 g/mol. The highest BCUT2D eigenvalue weighted by Crippen LogP contribution is 2.22. The lowest BCUT2D eigenvalue weighted by Gasteiger charge is -2.31. The molecule has 1 aliphatic rings. The van der Waals surface area contributed by atoms with E-state index in [1.807, 2.05) is 36.6 Å². The molecule has 1 atom stereocenters. The van der Waals surface area contributed by atoms with Gasteiger partial charge in [0.25, 0.3) is 5.91 Å². The summed E-state index contributed by atoms with van der Waals surface area (Å²) in [6.07, 6.45) is 3.09. The molecular weight excluding hydrogens is 386 g/mol. The maximum absolute atomic E-state index is 12.6. The van der Waals surface area contributed by atoms with Crippen molar-refractivity contribution >= 4 is 23.2 Å². The van der Waals surface area contributed by atoms with Crippen molar-refractivity contribution in [3.8, 4) is 11.3 Å². The SMILES string of the molecule is Cc1nc(-c2ccc(CNC(=O)C3CCCN(C(=O)c4ccco4)C3)cc2)cs1. The molecule has 150 valence electrons. The van der Waals surface area contributed by atoms with Gasteiger partial charge in [-0.15, -0.1) is 11.3 Å². The van der Waals surface area contributed by atoms with Crippen molar-refractivity contribution in [2.75, 3.05) is 13.1 Å². The van der Waals surface area contributed by atoms with E-state index in [9.17, 15) is 9.59 Å². The fourth-order valence-electron chi connectivity index (χ4n) is 3.55. The number of rotatable bonds is 5. The number of likely N-dealkylation sites (tertiary alicyclic amines) is 1. The molecule has 0 bridgehead atoms. The standard InChI is InChI=1S/C22H23N3O3S/c1-15-24-19(14-29-15)17-8-6-16(7-9-17)12-23-21(26)18-4-2-10-25(13-18)22(27)20-5-3-11-28-20/h3,5-9,11,14,18H,2,4,10,12-13H2,1H3,(H,23,26). The van der Waals surface area contributed by atoms with Gasteiger partial charge in [-0.2, -0.15) is 0 Å². The van der Waals surface area contributed by atoms with E-state index in [0.717, 1.165) is 34.7 Å². The van der Waals surface area contributed by atoms with Crippen LogP contribution in [-0.2, 0) is 11.3 Å². The molecule has 3 aromatic rings. The number of hydrogen-bond donors (Lipinski definition) is 1. The molecule has 4 rings (SSSR count). The van der Waals surface area contributed by atoms with Crippen LogP contribution in [0.5, 0.6) is 0 Å². The van der Waals surface area contributed by atoms with Crippen LogP contribution in [0, 0.1) is 12.8 Å². The van der Waals surface area contributed by atoms with Gasteiger partial charge in [0.15, 0.2) is 5.76 Å². The summed E-state index contributed by atoms with van der Waals surface area (Å²) < 4.78 is 5.20. The average Bonchev–Trinajstić information content (AvgIpc) is 3.44. The summed E-state index contributed by atoms with van der Waals surface area (Å²) in [6.45, 7) is 3.54. The van der Waals surface area contributed by atoms with E-state index < -0.39 is 0 Å². The van der Waals surface area contributed by atoms with Crippen LogP contribution in [0.3, 0.4) is 0 Å². The van der Waals surface area contributed by atoms with E-state index in [0.29, 0.717) is 25.4 Å². The number of piperidine rings is 1. The van der Waals surface area contributed by atoms with Crippen molar-refractivity contribution in [1.82, 2.24) is 15.2 Å². The van der Waals surface area contributed by atoms with Gasteiger partial charge in [0, 0.05) is 30.6 Å². The van der Waals surface area contributed by atoms with Crippen LogP contribution in [0.1, 0.15) is 34.0 Å². The number of amides is 2. The van der Waals surface area contributed by atoms with Gasteiger partial charge in [0.1, 0.15) is 0 Å². The lowest BCUT2D eigenvalue weighted by molar-refractivity contribution is -0.126. The number of carbonyl (C=O) groups excluding carboxylic acids is 2. The van der Waals surface area contributed by atoms with Gasteiger partial charge in [0.2, 0.25) is 5.91 Å². The maximum atomic E-state index is 12.6. The summed E-state index contributed by atoms with van der Waals surface area (Å²) in [5.41, 5.74) is 3.09. The van der Waals surface area contributed by atoms with Gasteiger partial charge < -0.3 is 14.6 Å². The first kappa shape index (κ1) is 19.4. The Morgan fingerprint density at radius 1 is 1.28 bits per heavy atom. The van der Waals surface area contributed by atoms with E-state index in [-0.39, 0.29) is 17.7 Å². The second-order valence-electron chi connectivity index (χ2n) is 7.23. The van der Waals surface area contributed by atoms with E-state index in [4.69, 9.17) is 4.42 Å². The molecule has 0 radical (unpaired) electrons. The van der Waals surface area contributed by atoms with Crippen LogP contribution in [0.15, 0.2) is 52.5 Å². The lowest BCUT2D eigenvalue weighted by Crippen LogP contribution is -2.45. The molecule has 3 heterocycles. The monoisotopic (exact) mass is 409 g/mol. The van der Waals surface area contributed by atoms with E-state index in [1.165, 1.54) is 6.26 Å². The molecule has 7 heteroatoms. The Balaban J connectivity index is 1.31. The summed E-state index contributed by atoms with van der Waals surface area (Å²) >= 11 is 1.63. The quantitative estimate of drug-likeness (QED) is 0.694. The van der Waals surface area contributed by atoms with E-state index in [2.05, 4.69) is 10.3 Å². The first-order valence-electron chi connectivity index (χ1n) is 9.72. The molecule has 0 aliphatic carbocycles. The van der Waals surface area contributed by atoms with Crippen LogP contribution < -0.4 is 5.32 Å². The Kier molecular flexibility index (Phi) is 5.76. The Labute approximate surface area is 173 Å². The van der Waals surface area contributed by atoms with Crippen LogP contribution in [0.2, 0.25) is 0 Å². The predicted molar refractivity (Wildman–Crippen MR) is 111 cm³/mol. The number of nitrogens with zero attached hydrogens (tertiary/aromatic N) is 2. The number of aryl methyl sites for hydroxylation is 1. The number of furan rings is 1. The molecule has 0 saturated carbocycles. The van der Waals surface area contributed by atoms with Gasteiger partial charge in [-0.1, -0.05) is 24.3 Å². The summed E-state index contributed by atoms with van der Waals surface area (Å²) in [5, 5.41) is 6.10. The molecule has 1 N–H and O–H groups in total. The van der Waals surface area contributed by atoms with Gasteiger partial charge in [-0.3, -0.25) is 9.59 Å². The van der Waals surface area contributed by atoms with Crippen molar-refractivity contribution in [3.05, 3.63) is 64.4 Å². The topological polar surface area (TPSA) is 75.4 Å². The van der Waals surface area contributed by atoms with Crippen LogP contribution in [-0.4, -0.2) is 34.8 Å². The van der Waals surface area contributed by atoms with Crippen molar-refractivity contribution in [3.63, 3.8) is 0 Å². The van der Waals surface area contributed by atoms with Crippen LogP contribution in [0.25, 0.3) is 11.3 Å². The van der Waals surface area contributed by atoms with Gasteiger partial charge in [-0.05, 0) is 37.5 Å². The molecular formula is C22H23N3O3S. The fourth-order valence-corrected chi connectivity index (χ4v) is 4.18. The summed E-state index contributed by atoms with van der Waals surface area (Å²) in [7, 11) is 0. The first-order chi connectivity index (χ1) is 14.1. The van der Waals surface area contributed by atoms with Crippen LogP contribution in [0.4, 0.5) is 0 Å². The largest absolute Gasteiger partial charge is 0.459 e. The van der Waals surface area contributed by atoms with Gasteiger partial charge in [0.05, 0.1) is 22.9 Å². The molecule has 1 aliphatic heterocycles. The summed E-state index contributed by atoms with van der Waals surface area (Å²) in [4.78, 5) is 31.3. The third-order valence-corrected chi connectivity index (χ3v) is 5.92. The van der Waals surface area contributed by atoms with Gasteiger partial charge in [-0.25, -0.2) is 4.98 Å². The smallest absolute Gasteiger partial charge is 0.289 e. The van der Waals surface area contributed by atoms with Crippen LogP contribution >= 0.6 is 11.3 Å². The Hall–Kier alpha value is -2.93. The molecule has 1 saturated heterocycles. The van der Waals surface area contributed by atoms with Crippen molar-refractivity contribution in [1.29, 1.82) is 0 Å². The molecule has 2 aromatic heterocycles. The normalized spacial score (nSPS) is 16.6. The summed E-state index contributed by atoms with van der Waals surface area (Å²) in [6, 6.07) is 11.4. The first-order valence-corrected chi connectivity index (χ1v) is 10.6. The fraction of sp³-hybridized carbons (Fsp3) is 0.318. The Morgan fingerprint density at radius 3 is 2.79 bits per heavy atom. The molecule has 1 fully saturated rings. The second-order valence-corrected chi connectivity index (χ2v) is 8.30. The number of thiazole rings is 1. The highest BCUT2D eigenvalue weighted by atomic mass is 32.1. The third kappa shape index (κ3) is 4.56. The molecule has 1 unspecified atom stereocenters. The summed E-state index contributed by atoms with van der Waals surface area (Å²) in [5.74, 6) is -0.0390. The number of benzene rings is 1. The lowest BCUT2D eigenvalue weighted by atomic mass is 9.96. The zero-order valence-corrected chi connectivity index (χ0v) is 17.1. The minimum atomic E-state index is -0.195. The van der Waals surface area contributed by atoms with Crippen molar-refractivity contribution < 1.29 is 14.0 Å². The highest BCUT2D eigenvalue weighted by Gasteiger charge is 2.29. The molecule has 6 nitrogen and oxygen atoms in total. The maximum Gasteiger partial charge on any atom is 0.289 e. The Morgan fingerprint density at radius 2 is 2.10 bits per heavy atom. The minimum absolute atomic E-state index is 0.0128. The van der Waals surface area contributed by atoms with E-state index in [1.54, 1.807) is 28.4 Å². The molecule has 0 spiro atoms. The zero-order valence-electron chi connectivity index (χ0n) is 16.3. The van der Waals surface area contributed by atoms with Crippen molar-refractivity contribution in [2.24, 2.45) is 5.92 Å². The number of nitrogens with one attached hydrogen (secondary N) is 1. The zero-order chi connectivity index (χ0) is 20.2. The highest BCUT2D eigenvalue weighted by molar-refractivity contribution is 7.09. The van der Waals surface area contributed by atoms with Crippen molar-refractivity contribution in [2.45, 2.75) is 26.3 Å². The third-order valence-electron chi connectivity index (χ3n) is 5.15. The minimum Gasteiger partial charge on any atom is -0.459 e. The second kappa shape index (κ2) is 8.61.